The van der Waals surface area contributed by atoms with Gasteiger partial charge in [0.1, 0.15) is 5.75 Å². The van der Waals surface area contributed by atoms with E-state index in [1.54, 1.807) is 6.07 Å². The van der Waals surface area contributed by atoms with Crippen molar-refractivity contribution in [3.8, 4) is 22.7 Å². The van der Waals surface area contributed by atoms with Crippen molar-refractivity contribution < 1.29 is 9.53 Å². The van der Waals surface area contributed by atoms with Gasteiger partial charge in [0.25, 0.3) is 11.5 Å². The lowest BCUT2D eigenvalue weighted by molar-refractivity contribution is -0.118. The number of rotatable bonds is 2. The Bertz CT molecular complexity index is 1340. The molecule has 2 heterocycles. The molecule has 1 amide bonds. The van der Waals surface area contributed by atoms with Gasteiger partial charge in [0.15, 0.2) is 6.61 Å². The Balaban J connectivity index is 1.78. The third-order valence-corrected chi connectivity index (χ3v) is 4.94. The number of ether oxygens (including phenoxy) is 1. The van der Waals surface area contributed by atoms with Crippen LogP contribution in [0, 0.1) is 6.92 Å². The van der Waals surface area contributed by atoms with E-state index in [1.807, 2.05) is 67.6 Å². The van der Waals surface area contributed by atoms with Crippen molar-refractivity contribution in [2.24, 2.45) is 0 Å². The summed E-state index contributed by atoms with van der Waals surface area (Å²) in [6, 6.07) is 20.6. The van der Waals surface area contributed by atoms with E-state index < -0.39 is 0 Å². The predicted molar refractivity (Wildman–Crippen MR) is 112 cm³/mol. The Kier molecular flexibility index (Phi) is 3.91. The number of hydrogen-bond acceptors (Lipinski definition) is 4. The summed E-state index contributed by atoms with van der Waals surface area (Å²) in [6.07, 6.45) is 0. The summed E-state index contributed by atoms with van der Waals surface area (Å²) in [5, 5.41) is 8.86. The standard InChI is InChI=1S/C23H17N3O3/c1-14-5-4-6-16(11-14)26-23(28)18-8-3-2-7-17(18)22(25-26)15-9-10-20-19(12-15)24-21(27)13-29-20/h2-12H,13H2,1H3,(H,24,27). The Hall–Kier alpha value is -3.93. The lowest BCUT2D eigenvalue weighted by Crippen LogP contribution is -2.25. The number of aryl methyl sites for hydroxylation is 1. The largest absolute Gasteiger partial charge is 0.482 e. The summed E-state index contributed by atoms with van der Waals surface area (Å²) >= 11 is 0. The summed E-state index contributed by atoms with van der Waals surface area (Å²) in [6.45, 7) is 1.98. The van der Waals surface area contributed by atoms with Crippen molar-refractivity contribution in [2.45, 2.75) is 6.92 Å². The highest BCUT2D eigenvalue weighted by Gasteiger charge is 2.19. The molecule has 1 N–H and O–H groups in total. The smallest absolute Gasteiger partial charge is 0.279 e. The zero-order chi connectivity index (χ0) is 20.0. The molecule has 1 aliphatic heterocycles. The first-order valence-electron chi connectivity index (χ1n) is 9.26. The third kappa shape index (κ3) is 2.95. The molecule has 0 spiro atoms. The third-order valence-electron chi connectivity index (χ3n) is 4.94. The minimum atomic E-state index is -0.197. The number of benzene rings is 3. The van der Waals surface area contributed by atoms with Gasteiger partial charge in [-0.05, 0) is 48.9 Å². The van der Waals surface area contributed by atoms with Crippen LogP contribution in [0.25, 0.3) is 27.7 Å². The molecule has 29 heavy (non-hydrogen) atoms. The van der Waals surface area contributed by atoms with Gasteiger partial charge in [-0.25, -0.2) is 0 Å². The maximum absolute atomic E-state index is 13.1. The second kappa shape index (κ2) is 6.60. The van der Waals surface area contributed by atoms with Crippen LogP contribution < -0.4 is 15.6 Å². The molecule has 1 aliphatic rings. The molecular formula is C23H17N3O3. The van der Waals surface area contributed by atoms with Gasteiger partial charge in [-0.2, -0.15) is 9.78 Å². The highest BCUT2D eigenvalue weighted by Crippen LogP contribution is 2.34. The summed E-state index contributed by atoms with van der Waals surface area (Å²) in [7, 11) is 0. The molecular weight excluding hydrogens is 366 g/mol. The van der Waals surface area contributed by atoms with Crippen molar-refractivity contribution in [1.82, 2.24) is 9.78 Å². The van der Waals surface area contributed by atoms with Gasteiger partial charge in [-0.15, -0.1) is 0 Å². The second-order valence-corrected chi connectivity index (χ2v) is 7.00. The van der Waals surface area contributed by atoms with E-state index >= 15 is 0 Å². The number of anilines is 1. The summed E-state index contributed by atoms with van der Waals surface area (Å²) in [4.78, 5) is 24.8. The van der Waals surface area contributed by atoms with Gasteiger partial charge in [0, 0.05) is 10.9 Å². The quantitative estimate of drug-likeness (QED) is 0.573. The number of carbonyl (C=O) groups excluding carboxylic acids is 1. The fraction of sp³-hybridized carbons (Fsp3) is 0.0870. The Labute approximate surface area is 166 Å². The normalized spacial score (nSPS) is 12.9. The zero-order valence-corrected chi connectivity index (χ0v) is 15.7. The molecule has 4 aromatic rings. The van der Waals surface area contributed by atoms with Crippen molar-refractivity contribution >= 4 is 22.4 Å². The van der Waals surface area contributed by atoms with E-state index in [1.165, 1.54) is 4.68 Å². The van der Waals surface area contributed by atoms with Gasteiger partial charge in [0.2, 0.25) is 0 Å². The number of amides is 1. The molecule has 3 aromatic carbocycles. The predicted octanol–water partition coefficient (Wildman–Crippen LogP) is 3.69. The highest BCUT2D eigenvalue weighted by molar-refractivity contribution is 5.98. The molecule has 0 saturated heterocycles. The van der Waals surface area contributed by atoms with Crippen LogP contribution in [0.15, 0.2) is 71.5 Å². The Morgan fingerprint density at radius 3 is 2.62 bits per heavy atom. The molecule has 0 radical (unpaired) electrons. The van der Waals surface area contributed by atoms with E-state index in [4.69, 9.17) is 9.84 Å². The lowest BCUT2D eigenvalue weighted by Gasteiger charge is -2.19. The number of carbonyl (C=O) groups is 1. The first-order chi connectivity index (χ1) is 14.1. The molecule has 142 valence electrons. The molecule has 6 nitrogen and oxygen atoms in total. The zero-order valence-electron chi connectivity index (χ0n) is 15.7. The van der Waals surface area contributed by atoms with Crippen molar-refractivity contribution in [3.63, 3.8) is 0 Å². The van der Waals surface area contributed by atoms with Gasteiger partial charge >= 0.3 is 0 Å². The average molecular weight is 383 g/mol. The van der Waals surface area contributed by atoms with Gasteiger partial charge < -0.3 is 10.1 Å². The van der Waals surface area contributed by atoms with Crippen LogP contribution in [0.1, 0.15) is 5.56 Å². The fourth-order valence-electron chi connectivity index (χ4n) is 3.57. The molecule has 1 aromatic heterocycles. The number of nitrogens with one attached hydrogen (secondary N) is 1. The average Bonchev–Trinajstić information content (AvgIpc) is 2.74. The highest BCUT2D eigenvalue weighted by atomic mass is 16.5. The van der Waals surface area contributed by atoms with Gasteiger partial charge in [0.05, 0.1) is 22.5 Å². The molecule has 6 heteroatoms. The maximum atomic E-state index is 13.1. The lowest BCUT2D eigenvalue weighted by atomic mass is 10.0. The van der Waals surface area contributed by atoms with Crippen LogP contribution in [0.3, 0.4) is 0 Å². The Morgan fingerprint density at radius 1 is 0.966 bits per heavy atom. The van der Waals surface area contributed by atoms with E-state index in [0.717, 1.165) is 16.5 Å². The SMILES string of the molecule is Cc1cccc(-n2nc(-c3ccc4c(c3)NC(=O)CO4)c3ccccc3c2=O)c1. The van der Waals surface area contributed by atoms with Crippen molar-refractivity contribution in [1.29, 1.82) is 0 Å². The minimum absolute atomic E-state index is 0.00572. The van der Waals surface area contributed by atoms with Gasteiger partial charge in [-0.1, -0.05) is 30.3 Å². The molecule has 0 atom stereocenters. The van der Waals surface area contributed by atoms with E-state index in [9.17, 15) is 9.59 Å². The van der Waals surface area contributed by atoms with Crippen LogP contribution in [-0.4, -0.2) is 22.3 Å². The number of aromatic nitrogens is 2. The number of hydrogen-bond donors (Lipinski definition) is 1. The second-order valence-electron chi connectivity index (χ2n) is 7.00. The van der Waals surface area contributed by atoms with Crippen LogP contribution in [-0.2, 0) is 4.79 Å². The first-order valence-corrected chi connectivity index (χ1v) is 9.26. The number of nitrogens with zero attached hydrogens (tertiary/aromatic N) is 2. The van der Waals surface area contributed by atoms with Crippen LogP contribution in [0.4, 0.5) is 5.69 Å². The van der Waals surface area contributed by atoms with Crippen LogP contribution in [0.2, 0.25) is 0 Å². The van der Waals surface area contributed by atoms with E-state index in [0.29, 0.717) is 28.2 Å². The van der Waals surface area contributed by atoms with Gasteiger partial charge in [-0.3, -0.25) is 9.59 Å². The van der Waals surface area contributed by atoms with Crippen molar-refractivity contribution in [2.75, 3.05) is 11.9 Å². The Morgan fingerprint density at radius 2 is 1.79 bits per heavy atom. The molecule has 0 unspecified atom stereocenters. The van der Waals surface area contributed by atoms with Crippen molar-refractivity contribution in [3.05, 3.63) is 82.6 Å². The maximum Gasteiger partial charge on any atom is 0.279 e. The number of fused-ring (bicyclic) bond motifs is 2. The van der Waals surface area contributed by atoms with Crippen LogP contribution in [0.5, 0.6) is 5.75 Å². The summed E-state index contributed by atoms with van der Waals surface area (Å²) in [5.74, 6) is 0.418. The van der Waals surface area contributed by atoms with E-state index in [-0.39, 0.29) is 18.1 Å². The monoisotopic (exact) mass is 383 g/mol. The topological polar surface area (TPSA) is 73.2 Å². The fourth-order valence-corrected chi connectivity index (χ4v) is 3.57. The summed E-state index contributed by atoms with van der Waals surface area (Å²) < 4.78 is 6.88. The summed E-state index contributed by atoms with van der Waals surface area (Å²) in [5.41, 5.74) is 3.61. The van der Waals surface area contributed by atoms with Crippen LogP contribution >= 0.6 is 0 Å². The first kappa shape index (κ1) is 17.2. The molecule has 0 saturated carbocycles. The molecule has 0 fully saturated rings. The molecule has 5 rings (SSSR count). The van der Waals surface area contributed by atoms with E-state index in [2.05, 4.69) is 5.32 Å². The molecule has 0 bridgehead atoms. The minimum Gasteiger partial charge on any atom is -0.482 e. The molecule has 0 aliphatic carbocycles.